The number of H-pyrrole nitrogens is 1. The molecule has 0 bridgehead atoms. The second-order valence-electron chi connectivity index (χ2n) is 3.76. The smallest absolute Gasteiger partial charge is 0.182 e. The number of nitrogens with zero attached hydrogens (tertiary/aromatic N) is 2. The van der Waals surface area contributed by atoms with Crippen molar-refractivity contribution in [2.45, 2.75) is 0 Å². The van der Waals surface area contributed by atoms with Crippen molar-refractivity contribution < 1.29 is 4.39 Å². The molecule has 0 spiro atoms. The van der Waals surface area contributed by atoms with Crippen molar-refractivity contribution in [2.75, 3.05) is 0 Å². The number of halogens is 2. The molecule has 3 aromatic rings. The van der Waals surface area contributed by atoms with Gasteiger partial charge in [0.2, 0.25) is 0 Å². The fraction of sp³-hybridized carbons (Fsp3) is 0. The van der Waals surface area contributed by atoms with E-state index in [2.05, 4.69) is 25.9 Å². The summed E-state index contributed by atoms with van der Waals surface area (Å²) in [6.07, 6.45) is 3.40. The van der Waals surface area contributed by atoms with Crippen molar-refractivity contribution in [3.8, 4) is 5.69 Å². The molecule has 0 fully saturated rings. The molecular formula is C12H7BrFN3S. The van der Waals surface area contributed by atoms with Gasteiger partial charge in [0, 0.05) is 11.9 Å². The summed E-state index contributed by atoms with van der Waals surface area (Å²) in [6, 6.07) is 6.64. The highest BCUT2D eigenvalue weighted by molar-refractivity contribution is 9.10. The van der Waals surface area contributed by atoms with Crippen LogP contribution in [0.15, 0.2) is 41.1 Å². The first kappa shape index (κ1) is 11.6. The van der Waals surface area contributed by atoms with E-state index in [9.17, 15) is 4.39 Å². The van der Waals surface area contributed by atoms with Crippen molar-refractivity contribution in [2.24, 2.45) is 0 Å². The van der Waals surface area contributed by atoms with Gasteiger partial charge in [0.15, 0.2) is 4.77 Å². The van der Waals surface area contributed by atoms with E-state index in [4.69, 9.17) is 12.2 Å². The predicted molar refractivity (Wildman–Crippen MR) is 73.9 cm³/mol. The third-order valence-corrected chi connectivity index (χ3v) is 3.54. The van der Waals surface area contributed by atoms with E-state index in [0.29, 0.717) is 9.24 Å². The van der Waals surface area contributed by atoms with Crippen LogP contribution in [0.3, 0.4) is 0 Å². The number of pyridine rings is 1. The second kappa shape index (κ2) is 4.29. The standard InChI is InChI=1S/C12H7BrFN3S/c13-8-5-7(1-2-9(8)14)17-11-3-4-15-6-10(11)16-12(17)18/h1-6H,(H,16,18). The number of aromatic amines is 1. The highest BCUT2D eigenvalue weighted by atomic mass is 79.9. The minimum Gasteiger partial charge on any atom is -0.329 e. The molecule has 6 heteroatoms. The van der Waals surface area contributed by atoms with Crippen LogP contribution in [0.1, 0.15) is 0 Å². The van der Waals surface area contributed by atoms with Gasteiger partial charge in [-0.3, -0.25) is 9.55 Å². The molecule has 2 heterocycles. The first-order chi connectivity index (χ1) is 8.66. The van der Waals surface area contributed by atoms with Gasteiger partial charge in [-0.1, -0.05) is 0 Å². The highest BCUT2D eigenvalue weighted by Gasteiger charge is 2.08. The minimum atomic E-state index is -0.299. The van der Waals surface area contributed by atoms with Crippen molar-refractivity contribution in [1.29, 1.82) is 0 Å². The normalized spacial score (nSPS) is 11.0. The summed E-state index contributed by atoms with van der Waals surface area (Å²) in [4.78, 5) is 7.10. The Kier molecular flexibility index (Phi) is 2.76. The van der Waals surface area contributed by atoms with Crippen molar-refractivity contribution >= 4 is 39.2 Å². The van der Waals surface area contributed by atoms with E-state index < -0.39 is 0 Å². The van der Waals surface area contributed by atoms with Crippen LogP contribution in [0.2, 0.25) is 0 Å². The van der Waals surface area contributed by atoms with E-state index in [1.807, 2.05) is 10.6 Å². The van der Waals surface area contributed by atoms with Gasteiger partial charge in [-0.25, -0.2) is 4.39 Å². The van der Waals surface area contributed by atoms with Gasteiger partial charge < -0.3 is 4.98 Å². The molecule has 2 aromatic heterocycles. The van der Waals surface area contributed by atoms with Crippen LogP contribution in [-0.2, 0) is 0 Å². The summed E-state index contributed by atoms with van der Waals surface area (Å²) in [5, 5.41) is 0. The first-order valence-electron chi connectivity index (χ1n) is 5.17. The van der Waals surface area contributed by atoms with E-state index in [1.54, 1.807) is 24.5 Å². The number of benzene rings is 1. The Labute approximate surface area is 115 Å². The zero-order valence-electron chi connectivity index (χ0n) is 9.02. The van der Waals surface area contributed by atoms with Gasteiger partial charge in [0.1, 0.15) is 5.82 Å². The molecular weight excluding hydrogens is 317 g/mol. The van der Waals surface area contributed by atoms with Crippen LogP contribution in [0.4, 0.5) is 4.39 Å². The summed E-state index contributed by atoms with van der Waals surface area (Å²) >= 11 is 8.46. The Balaban J connectivity index is 2.34. The van der Waals surface area contributed by atoms with E-state index in [-0.39, 0.29) is 5.82 Å². The molecule has 18 heavy (non-hydrogen) atoms. The molecule has 1 N–H and O–H groups in total. The van der Waals surface area contributed by atoms with Gasteiger partial charge >= 0.3 is 0 Å². The van der Waals surface area contributed by atoms with Gasteiger partial charge in [-0.15, -0.1) is 0 Å². The number of fused-ring (bicyclic) bond motifs is 1. The Bertz CT molecular complexity index is 793. The predicted octanol–water partition coefficient (Wildman–Crippen LogP) is 3.98. The fourth-order valence-corrected chi connectivity index (χ4v) is 2.52. The molecule has 3 rings (SSSR count). The second-order valence-corrected chi connectivity index (χ2v) is 5.00. The third-order valence-electron chi connectivity index (χ3n) is 2.65. The minimum absolute atomic E-state index is 0.299. The molecule has 0 saturated heterocycles. The van der Waals surface area contributed by atoms with Crippen LogP contribution < -0.4 is 0 Å². The largest absolute Gasteiger partial charge is 0.329 e. The lowest BCUT2D eigenvalue weighted by Crippen LogP contribution is -1.94. The molecule has 0 unspecified atom stereocenters. The number of aromatic nitrogens is 3. The number of imidazole rings is 1. The number of nitrogens with one attached hydrogen (secondary N) is 1. The Hall–Kier alpha value is -1.53. The molecule has 0 aliphatic carbocycles. The van der Waals surface area contributed by atoms with E-state index in [0.717, 1.165) is 16.7 Å². The van der Waals surface area contributed by atoms with E-state index >= 15 is 0 Å². The molecule has 0 atom stereocenters. The van der Waals surface area contributed by atoms with E-state index in [1.165, 1.54) is 6.07 Å². The van der Waals surface area contributed by atoms with Crippen molar-refractivity contribution in [1.82, 2.24) is 14.5 Å². The van der Waals surface area contributed by atoms with Crippen molar-refractivity contribution in [3.05, 3.63) is 51.7 Å². The maximum absolute atomic E-state index is 13.3. The SMILES string of the molecule is Fc1ccc(-n2c(=S)[nH]c3cnccc32)cc1Br. The topological polar surface area (TPSA) is 33.6 Å². The number of hydrogen-bond acceptors (Lipinski definition) is 2. The quantitative estimate of drug-likeness (QED) is 0.687. The summed E-state index contributed by atoms with van der Waals surface area (Å²) in [6.45, 7) is 0. The van der Waals surface area contributed by atoms with Gasteiger partial charge in [0.25, 0.3) is 0 Å². The van der Waals surface area contributed by atoms with Crippen LogP contribution in [0, 0.1) is 10.6 Å². The lowest BCUT2D eigenvalue weighted by Gasteiger charge is -2.05. The molecule has 90 valence electrons. The maximum atomic E-state index is 13.3. The van der Waals surface area contributed by atoms with Crippen LogP contribution >= 0.6 is 28.1 Å². The molecule has 0 aliphatic rings. The van der Waals surface area contributed by atoms with Gasteiger partial charge in [0.05, 0.1) is 21.7 Å². The lowest BCUT2D eigenvalue weighted by atomic mass is 10.3. The van der Waals surface area contributed by atoms with Crippen LogP contribution in [0.5, 0.6) is 0 Å². The Morgan fingerprint density at radius 2 is 2.17 bits per heavy atom. The Morgan fingerprint density at radius 1 is 1.33 bits per heavy atom. The monoisotopic (exact) mass is 323 g/mol. The molecule has 0 amide bonds. The molecule has 1 aromatic carbocycles. The van der Waals surface area contributed by atoms with Gasteiger partial charge in [-0.05, 0) is 52.4 Å². The Morgan fingerprint density at radius 3 is 2.94 bits per heavy atom. The lowest BCUT2D eigenvalue weighted by molar-refractivity contribution is 0.620. The molecule has 0 aliphatic heterocycles. The zero-order chi connectivity index (χ0) is 12.7. The molecule has 3 nitrogen and oxygen atoms in total. The zero-order valence-corrected chi connectivity index (χ0v) is 11.4. The average molecular weight is 324 g/mol. The summed E-state index contributed by atoms with van der Waals surface area (Å²) in [7, 11) is 0. The molecule has 0 radical (unpaired) electrons. The first-order valence-corrected chi connectivity index (χ1v) is 6.37. The average Bonchev–Trinajstić information content (AvgIpc) is 2.69. The van der Waals surface area contributed by atoms with Crippen molar-refractivity contribution in [3.63, 3.8) is 0 Å². The van der Waals surface area contributed by atoms with Gasteiger partial charge in [-0.2, -0.15) is 0 Å². The maximum Gasteiger partial charge on any atom is 0.182 e. The third kappa shape index (κ3) is 1.77. The number of rotatable bonds is 1. The summed E-state index contributed by atoms with van der Waals surface area (Å²) in [5.41, 5.74) is 2.56. The molecule has 0 saturated carbocycles. The number of hydrogen-bond donors (Lipinski definition) is 1. The van der Waals surface area contributed by atoms with Crippen LogP contribution in [0.25, 0.3) is 16.7 Å². The highest BCUT2D eigenvalue weighted by Crippen LogP contribution is 2.23. The summed E-state index contributed by atoms with van der Waals surface area (Å²) < 4.78 is 16.1. The summed E-state index contributed by atoms with van der Waals surface area (Å²) in [5.74, 6) is -0.299. The fourth-order valence-electron chi connectivity index (χ4n) is 1.84. The van der Waals surface area contributed by atoms with Crippen LogP contribution in [-0.4, -0.2) is 14.5 Å².